The Balaban J connectivity index is 2.13. The van der Waals surface area contributed by atoms with Crippen molar-refractivity contribution in [1.82, 2.24) is 0 Å². The summed E-state index contributed by atoms with van der Waals surface area (Å²) in [6, 6.07) is 0.0903. The van der Waals surface area contributed by atoms with Crippen LogP contribution in [0.15, 0.2) is 0 Å². The fourth-order valence-electron chi connectivity index (χ4n) is 2.46. The van der Waals surface area contributed by atoms with E-state index >= 15 is 0 Å². The lowest BCUT2D eigenvalue weighted by Crippen LogP contribution is -2.52. The van der Waals surface area contributed by atoms with E-state index in [1.807, 2.05) is 0 Å². The summed E-state index contributed by atoms with van der Waals surface area (Å²) in [5.41, 5.74) is 5.81. The van der Waals surface area contributed by atoms with Gasteiger partial charge in [0, 0.05) is 6.04 Å². The lowest BCUT2D eigenvalue weighted by atomic mass is 9.66. The molecule has 3 N–H and O–H groups in total. The molecule has 2 bridgehead atoms. The van der Waals surface area contributed by atoms with Crippen LogP contribution in [0.2, 0.25) is 0 Å². The molecule has 0 saturated heterocycles. The highest BCUT2D eigenvalue weighted by Gasteiger charge is 2.40. The normalized spacial score (nSPS) is 53.4. The molecule has 0 heterocycles. The molecule has 0 aliphatic heterocycles. The first-order valence-electron chi connectivity index (χ1n) is 4.22. The van der Waals surface area contributed by atoms with E-state index in [-0.39, 0.29) is 12.1 Å². The molecule has 0 spiro atoms. The molecular weight excluding hydrogens is 126 g/mol. The highest BCUT2D eigenvalue weighted by atomic mass is 16.3. The Labute approximate surface area is 61.4 Å². The molecule has 2 heteroatoms. The van der Waals surface area contributed by atoms with Crippen LogP contribution in [0.4, 0.5) is 0 Å². The molecule has 3 saturated carbocycles. The lowest BCUT2D eigenvalue weighted by Gasteiger charge is -2.44. The van der Waals surface area contributed by atoms with Gasteiger partial charge < -0.3 is 10.8 Å². The monoisotopic (exact) mass is 141 g/mol. The zero-order chi connectivity index (χ0) is 7.14. The first kappa shape index (κ1) is 6.62. The molecule has 0 aromatic rings. The Morgan fingerprint density at radius 2 is 1.50 bits per heavy atom. The summed E-state index contributed by atoms with van der Waals surface area (Å²) in [6.07, 6.45) is 4.73. The predicted octanol–water partition coefficient (Wildman–Crippen LogP) is 0.495. The topological polar surface area (TPSA) is 46.2 Å². The van der Waals surface area contributed by atoms with E-state index < -0.39 is 0 Å². The van der Waals surface area contributed by atoms with E-state index in [1.165, 1.54) is 25.7 Å². The van der Waals surface area contributed by atoms with Gasteiger partial charge in [0.15, 0.2) is 0 Å². The van der Waals surface area contributed by atoms with Gasteiger partial charge in [0.2, 0.25) is 0 Å². The van der Waals surface area contributed by atoms with Crippen molar-refractivity contribution in [2.45, 2.75) is 37.8 Å². The zero-order valence-electron chi connectivity index (χ0n) is 6.16. The van der Waals surface area contributed by atoms with Crippen LogP contribution in [-0.2, 0) is 0 Å². The molecule has 10 heavy (non-hydrogen) atoms. The summed E-state index contributed by atoms with van der Waals surface area (Å²) in [5.74, 6) is 1.15. The van der Waals surface area contributed by atoms with Gasteiger partial charge in [-0.15, -0.1) is 0 Å². The van der Waals surface area contributed by atoms with Gasteiger partial charge in [-0.25, -0.2) is 0 Å². The summed E-state index contributed by atoms with van der Waals surface area (Å²) >= 11 is 0. The van der Waals surface area contributed by atoms with E-state index in [1.54, 1.807) is 0 Å². The maximum atomic E-state index is 9.54. The summed E-state index contributed by atoms with van der Waals surface area (Å²) in [5, 5.41) is 9.54. The second kappa shape index (κ2) is 2.21. The maximum absolute atomic E-state index is 9.54. The average molecular weight is 141 g/mol. The Morgan fingerprint density at radius 1 is 1.00 bits per heavy atom. The summed E-state index contributed by atoms with van der Waals surface area (Å²) in [6.45, 7) is 0. The van der Waals surface area contributed by atoms with Crippen LogP contribution in [0.1, 0.15) is 25.7 Å². The SMILES string of the molecule is N[C@H]1C2CCC(CC2)[C@H]1O. The highest BCUT2D eigenvalue weighted by molar-refractivity contribution is 4.94. The van der Waals surface area contributed by atoms with Gasteiger partial charge in [0.1, 0.15) is 0 Å². The Kier molecular flexibility index (Phi) is 1.46. The smallest absolute Gasteiger partial charge is 0.0721 e. The molecule has 0 unspecified atom stereocenters. The fraction of sp³-hybridized carbons (Fsp3) is 1.00. The summed E-state index contributed by atoms with van der Waals surface area (Å²) in [4.78, 5) is 0. The second-order valence-corrected chi connectivity index (χ2v) is 3.74. The number of hydrogen-bond donors (Lipinski definition) is 2. The average Bonchev–Trinajstić information content (AvgIpc) is 2.00. The minimum Gasteiger partial charge on any atom is -0.391 e. The van der Waals surface area contributed by atoms with Gasteiger partial charge in [0.05, 0.1) is 6.10 Å². The van der Waals surface area contributed by atoms with Crippen LogP contribution in [0.3, 0.4) is 0 Å². The molecule has 2 nitrogen and oxygen atoms in total. The van der Waals surface area contributed by atoms with Crippen LogP contribution in [0.25, 0.3) is 0 Å². The van der Waals surface area contributed by atoms with E-state index in [4.69, 9.17) is 5.73 Å². The van der Waals surface area contributed by atoms with E-state index in [2.05, 4.69) is 0 Å². The van der Waals surface area contributed by atoms with Crippen LogP contribution >= 0.6 is 0 Å². The number of nitrogens with two attached hydrogens (primary N) is 1. The molecule has 0 amide bonds. The quantitative estimate of drug-likeness (QED) is 0.516. The molecule has 58 valence electrons. The molecule has 2 atom stereocenters. The predicted molar refractivity (Wildman–Crippen MR) is 39.4 cm³/mol. The third-order valence-corrected chi connectivity index (χ3v) is 3.24. The molecule has 3 rings (SSSR count). The largest absolute Gasteiger partial charge is 0.391 e. The molecule has 0 aromatic carbocycles. The lowest BCUT2D eigenvalue weighted by molar-refractivity contribution is -0.0176. The Morgan fingerprint density at radius 3 is 1.80 bits per heavy atom. The van der Waals surface area contributed by atoms with Gasteiger partial charge in [-0.2, -0.15) is 0 Å². The molecule has 3 aliphatic rings. The van der Waals surface area contributed by atoms with Crippen LogP contribution in [-0.4, -0.2) is 17.3 Å². The van der Waals surface area contributed by atoms with Crippen LogP contribution < -0.4 is 5.73 Å². The molecular formula is C8H15NO. The molecule has 0 aromatic heterocycles. The minimum atomic E-state index is -0.188. The van der Waals surface area contributed by atoms with Gasteiger partial charge in [-0.3, -0.25) is 0 Å². The van der Waals surface area contributed by atoms with Crippen LogP contribution in [0, 0.1) is 11.8 Å². The number of aliphatic hydroxyl groups excluding tert-OH is 1. The third-order valence-electron chi connectivity index (χ3n) is 3.24. The Bertz CT molecular complexity index is 109. The third kappa shape index (κ3) is 0.789. The summed E-state index contributed by atoms with van der Waals surface area (Å²) < 4.78 is 0. The van der Waals surface area contributed by atoms with Crippen molar-refractivity contribution >= 4 is 0 Å². The van der Waals surface area contributed by atoms with Crippen molar-refractivity contribution in [3.05, 3.63) is 0 Å². The van der Waals surface area contributed by atoms with Gasteiger partial charge in [0.25, 0.3) is 0 Å². The number of rotatable bonds is 0. The van der Waals surface area contributed by atoms with E-state index in [0.717, 1.165) is 0 Å². The first-order valence-corrected chi connectivity index (χ1v) is 4.22. The van der Waals surface area contributed by atoms with Crippen molar-refractivity contribution in [2.24, 2.45) is 17.6 Å². The number of fused-ring (bicyclic) bond motifs is 3. The van der Waals surface area contributed by atoms with Crippen molar-refractivity contribution in [1.29, 1.82) is 0 Å². The van der Waals surface area contributed by atoms with Crippen molar-refractivity contribution in [3.8, 4) is 0 Å². The van der Waals surface area contributed by atoms with Crippen molar-refractivity contribution < 1.29 is 5.11 Å². The van der Waals surface area contributed by atoms with Crippen LogP contribution in [0.5, 0.6) is 0 Å². The van der Waals surface area contributed by atoms with E-state index in [9.17, 15) is 5.11 Å². The van der Waals surface area contributed by atoms with E-state index in [0.29, 0.717) is 11.8 Å². The summed E-state index contributed by atoms with van der Waals surface area (Å²) in [7, 11) is 0. The van der Waals surface area contributed by atoms with Gasteiger partial charge >= 0.3 is 0 Å². The molecule has 3 fully saturated rings. The minimum absolute atomic E-state index is 0.0903. The standard InChI is InChI=1S/C8H15NO/c9-7-5-1-3-6(4-2-5)8(7)10/h5-8,10H,1-4,9H2/t5?,6?,7-,8+/m0/s1. The maximum Gasteiger partial charge on any atom is 0.0721 e. The highest BCUT2D eigenvalue weighted by Crippen LogP contribution is 2.40. The zero-order valence-corrected chi connectivity index (χ0v) is 6.16. The first-order chi connectivity index (χ1) is 4.79. The number of aliphatic hydroxyl groups is 1. The fourth-order valence-corrected chi connectivity index (χ4v) is 2.46. The molecule has 0 radical (unpaired) electrons. The van der Waals surface area contributed by atoms with Gasteiger partial charge in [-0.1, -0.05) is 0 Å². The Hall–Kier alpha value is -0.0800. The number of hydrogen-bond acceptors (Lipinski definition) is 2. The van der Waals surface area contributed by atoms with Crippen molar-refractivity contribution in [2.75, 3.05) is 0 Å². The second-order valence-electron chi connectivity index (χ2n) is 3.74. The molecule has 3 aliphatic carbocycles. The van der Waals surface area contributed by atoms with Crippen molar-refractivity contribution in [3.63, 3.8) is 0 Å². The van der Waals surface area contributed by atoms with Gasteiger partial charge in [-0.05, 0) is 37.5 Å².